The van der Waals surface area contributed by atoms with E-state index in [9.17, 15) is 4.79 Å². The third-order valence-electron chi connectivity index (χ3n) is 3.04. The summed E-state index contributed by atoms with van der Waals surface area (Å²) in [5.41, 5.74) is 2.04. The van der Waals surface area contributed by atoms with E-state index in [4.69, 9.17) is 9.84 Å². The van der Waals surface area contributed by atoms with E-state index < -0.39 is 0 Å². The number of hydrogen-bond acceptors (Lipinski definition) is 3. The summed E-state index contributed by atoms with van der Waals surface area (Å²) < 4.78 is 5.65. The topological polar surface area (TPSA) is 58.6 Å². The van der Waals surface area contributed by atoms with Crippen LogP contribution in [-0.4, -0.2) is 24.2 Å². The number of carbonyl (C=O) groups excluding carboxylic acids is 1. The number of fused-ring (bicyclic) bond motifs is 1. The van der Waals surface area contributed by atoms with E-state index in [1.165, 1.54) is 0 Å². The maximum absolute atomic E-state index is 11.2. The van der Waals surface area contributed by atoms with Gasteiger partial charge in [0.2, 0.25) is 5.91 Å². The van der Waals surface area contributed by atoms with Crippen molar-refractivity contribution in [2.75, 3.05) is 18.5 Å². The number of aryl methyl sites for hydroxylation is 1. The number of amides is 1. The Morgan fingerprint density at radius 2 is 2.11 bits per heavy atom. The van der Waals surface area contributed by atoms with Gasteiger partial charge in [0.15, 0.2) is 0 Å². The zero-order valence-corrected chi connectivity index (χ0v) is 10.4. The monoisotopic (exact) mass is 249 g/mol. The molecule has 0 atom stereocenters. The van der Waals surface area contributed by atoms with Crippen molar-refractivity contribution in [1.29, 1.82) is 0 Å². The quantitative estimate of drug-likeness (QED) is 0.759. The smallest absolute Gasteiger partial charge is 0.224 e. The van der Waals surface area contributed by atoms with Crippen molar-refractivity contribution >= 4 is 11.6 Å². The molecule has 0 bridgehead atoms. The van der Waals surface area contributed by atoms with Gasteiger partial charge >= 0.3 is 0 Å². The summed E-state index contributed by atoms with van der Waals surface area (Å²) >= 11 is 0. The molecule has 1 aliphatic heterocycles. The standard InChI is InChI=1S/C14H19NO3/c16-8-2-1-3-9-18-12-5-6-13-11(10-12)4-7-14(17)15-13/h5-6,10,16H,1-4,7-9H2,(H,15,17). The minimum absolute atomic E-state index is 0.0835. The number of aliphatic hydroxyl groups is 1. The Balaban J connectivity index is 1.85. The average Bonchev–Trinajstić information content (AvgIpc) is 2.38. The maximum Gasteiger partial charge on any atom is 0.224 e. The molecule has 1 aromatic rings. The highest BCUT2D eigenvalue weighted by molar-refractivity contribution is 5.93. The van der Waals surface area contributed by atoms with E-state index in [0.717, 1.165) is 42.7 Å². The second kappa shape index (κ2) is 6.40. The van der Waals surface area contributed by atoms with Gasteiger partial charge in [-0.1, -0.05) is 0 Å². The fraction of sp³-hybridized carbons (Fsp3) is 0.500. The van der Waals surface area contributed by atoms with Crippen LogP contribution < -0.4 is 10.1 Å². The number of benzene rings is 1. The molecule has 98 valence electrons. The zero-order valence-electron chi connectivity index (χ0n) is 10.4. The van der Waals surface area contributed by atoms with Gasteiger partial charge in [-0.25, -0.2) is 0 Å². The minimum Gasteiger partial charge on any atom is -0.494 e. The van der Waals surface area contributed by atoms with E-state index in [2.05, 4.69) is 5.32 Å². The number of hydrogen-bond donors (Lipinski definition) is 2. The van der Waals surface area contributed by atoms with Crippen LogP contribution in [0.5, 0.6) is 5.75 Å². The predicted molar refractivity (Wildman–Crippen MR) is 69.8 cm³/mol. The Morgan fingerprint density at radius 1 is 1.22 bits per heavy atom. The molecule has 1 amide bonds. The summed E-state index contributed by atoms with van der Waals surface area (Å²) in [5.74, 6) is 0.939. The van der Waals surface area contributed by atoms with Crippen LogP contribution in [0.3, 0.4) is 0 Å². The van der Waals surface area contributed by atoms with Crippen molar-refractivity contribution in [3.63, 3.8) is 0 Å². The summed E-state index contributed by atoms with van der Waals surface area (Å²) in [7, 11) is 0. The van der Waals surface area contributed by atoms with Gasteiger partial charge in [0, 0.05) is 18.7 Å². The lowest BCUT2D eigenvalue weighted by Gasteiger charge is -2.17. The second-order valence-corrected chi connectivity index (χ2v) is 4.50. The zero-order chi connectivity index (χ0) is 12.8. The molecule has 0 unspecified atom stereocenters. The van der Waals surface area contributed by atoms with Crippen LogP contribution in [0.1, 0.15) is 31.2 Å². The lowest BCUT2D eigenvalue weighted by Crippen LogP contribution is -2.18. The largest absolute Gasteiger partial charge is 0.494 e. The molecule has 1 heterocycles. The molecule has 2 rings (SSSR count). The number of nitrogens with one attached hydrogen (secondary N) is 1. The molecule has 2 N–H and O–H groups in total. The molecule has 4 heteroatoms. The van der Waals surface area contributed by atoms with Gasteiger partial charge in [0.25, 0.3) is 0 Å². The van der Waals surface area contributed by atoms with Gasteiger partial charge < -0.3 is 15.2 Å². The number of carbonyl (C=O) groups is 1. The average molecular weight is 249 g/mol. The van der Waals surface area contributed by atoms with Gasteiger partial charge in [0.05, 0.1) is 6.61 Å². The third kappa shape index (κ3) is 3.47. The highest BCUT2D eigenvalue weighted by Crippen LogP contribution is 2.26. The molecule has 4 nitrogen and oxygen atoms in total. The Labute approximate surface area is 107 Å². The molecule has 0 aliphatic carbocycles. The van der Waals surface area contributed by atoms with Crippen molar-refractivity contribution in [2.45, 2.75) is 32.1 Å². The minimum atomic E-state index is 0.0835. The number of unbranched alkanes of at least 4 members (excludes halogenated alkanes) is 2. The first-order valence-electron chi connectivity index (χ1n) is 6.46. The Morgan fingerprint density at radius 3 is 2.94 bits per heavy atom. The van der Waals surface area contributed by atoms with Gasteiger partial charge in [-0.05, 0) is 49.4 Å². The molecule has 0 fully saturated rings. The van der Waals surface area contributed by atoms with Crippen molar-refractivity contribution in [3.05, 3.63) is 23.8 Å². The molecule has 0 spiro atoms. The number of anilines is 1. The third-order valence-corrected chi connectivity index (χ3v) is 3.04. The molecular weight excluding hydrogens is 230 g/mol. The van der Waals surface area contributed by atoms with E-state index in [0.29, 0.717) is 13.0 Å². The molecule has 0 saturated heterocycles. The van der Waals surface area contributed by atoms with E-state index >= 15 is 0 Å². The molecule has 18 heavy (non-hydrogen) atoms. The summed E-state index contributed by atoms with van der Waals surface area (Å²) in [4.78, 5) is 11.2. The van der Waals surface area contributed by atoms with Gasteiger partial charge in [0.1, 0.15) is 5.75 Å². The van der Waals surface area contributed by atoms with Crippen LogP contribution in [0.25, 0.3) is 0 Å². The van der Waals surface area contributed by atoms with Crippen LogP contribution in [-0.2, 0) is 11.2 Å². The van der Waals surface area contributed by atoms with Gasteiger partial charge in [-0.15, -0.1) is 0 Å². The van der Waals surface area contributed by atoms with Crippen molar-refractivity contribution < 1.29 is 14.6 Å². The van der Waals surface area contributed by atoms with Crippen LogP contribution in [0.4, 0.5) is 5.69 Å². The van der Waals surface area contributed by atoms with Gasteiger partial charge in [-0.3, -0.25) is 4.79 Å². The maximum atomic E-state index is 11.2. The number of ether oxygens (including phenoxy) is 1. The Bertz CT molecular complexity index is 418. The van der Waals surface area contributed by atoms with E-state index in [1.54, 1.807) is 0 Å². The van der Waals surface area contributed by atoms with E-state index in [1.807, 2.05) is 18.2 Å². The fourth-order valence-electron chi connectivity index (χ4n) is 2.03. The first-order valence-corrected chi connectivity index (χ1v) is 6.46. The normalized spacial score (nSPS) is 13.9. The van der Waals surface area contributed by atoms with Crippen LogP contribution in [0.15, 0.2) is 18.2 Å². The SMILES string of the molecule is O=C1CCc2cc(OCCCCCO)ccc2N1. The molecule has 1 aliphatic rings. The molecule has 1 aromatic carbocycles. The van der Waals surface area contributed by atoms with Gasteiger partial charge in [-0.2, -0.15) is 0 Å². The lowest BCUT2D eigenvalue weighted by molar-refractivity contribution is -0.116. The Kier molecular flexibility index (Phi) is 4.59. The molecule has 0 aromatic heterocycles. The van der Waals surface area contributed by atoms with Crippen molar-refractivity contribution in [3.8, 4) is 5.75 Å². The first kappa shape index (κ1) is 12.9. The molecule has 0 saturated carbocycles. The molecular formula is C14H19NO3. The fourth-order valence-corrected chi connectivity index (χ4v) is 2.03. The Hall–Kier alpha value is -1.55. The predicted octanol–water partition coefficient (Wildman–Crippen LogP) is 2.11. The lowest BCUT2D eigenvalue weighted by atomic mass is 10.0. The summed E-state index contributed by atoms with van der Waals surface area (Å²) in [6.07, 6.45) is 4.10. The van der Waals surface area contributed by atoms with Crippen molar-refractivity contribution in [1.82, 2.24) is 0 Å². The second-order valence-electron chi connectivity index (χ2n) is 4.50. The number of rotatable bonds is 6. The molecule has 0 radical (unpaired) electrons. The van der Waals surface area contributed by atoms with Crippen molar-refractivity contribution in [2.24, 2.45) is 0 Å². The van der Waals surface area contributed by atoms with Crippen LogP contribution in [0, 0.1) is 0 Å². The summed E-state index contributed by atoms with van der Waals surface area (Å²) in [5, 5.41) is 11.5. The first-order chi connectivity index (χ1) is 8.79. The highest BCUT2D eigenvalue weighted by atomic mass is 16.5. The van der Waals surface area contributed by atoms with E-state index in [-0.39, 0.29) is 12.5 Å². The summed E-state index contributed by atoms with van der Waals surface area (Å²) in [6.45, 7) is 0.920. The summed E-state index contributed by atoms with van der Waals surface area (Å²) in [6, 6.07) is 5.78. The van der Waals surface area contributed by atoms with Crippen LogP contribution >= 0.6 is 0 Å². The highest BCUT2D eigenvalue weighted by Gasteiger charge is 2.14. The number of aliphatic hydroxyl groups excluding tert-OH is 1. The van der Waals surface area contributed by atoms with Crippen LogP contribution in [0.2, 0.25) is 0 Å².